The van der Waals surface area contributed by atoms with E-state index in [0.29, 0.717) is 5.69 Å². The summed E-state index contributed by atoms with van der Waals surface area (Å²) >= 11 is 0. The van der Waals surface area contributed by atoms with Crippen LogP contribution in [-0.4, -0.2) is 35.7 Å². The molecule has 6 heteroatoms. The molecule has 0 radical (unpaired) electrons. The number of hydrogen-bond donors (Lipinski definition) is 0. The Bertz CT molecular complexity index is 448. The fourth-order valence-corrected chi connectivity index (χ4v) is 1.21. The third-order valence-electron chi connectivity index (χ3n) is 2.06. The molecule has 0 bridgehead atoms. The van der Waals surface area contributed by atoms with Crippen LogP contribution in [0.2, 0.25) is 0 Å². The highest BCUT2D eigenvalue weighted by atomic mass is 16.5. The lowest BCUT2D eigenvalue weighted by Crippen LogP contribution is -2.08. The molecule has 0 spiro atoms. The monoisotopic (exact) mass is 238 g/mol. The normalized spacial score (nSPS) is 10.5. The Balaban J connectivity index is 2.74. The second kappa shape index (κ2) is 5.83. The highest BCUT2D eigenvalue weighted by Crippen LogP contribution is 2.05. The van der Waals surface area contributed by atoms with E-state index in [9.17, 15) is 9.59 Å². The summed E-state index contributed by atoms with van der Waals surface area (Å²) in [6, 6.07) is 0. The fraction of sp³-hybridized carbons (Fsp3) is 0.364. The molecule has 0 aromatic carbocycles. The van der Waals surface area contributed by atoms with Crippen molar-refractivity contribution >= 4 is 18.0 Å². The van der Waals surface area contributed by atoms with Gasteiger partial charge in [-0.05, 0) is 6.08 Å². The zero-order valence-electron chi connectivity index (χ0n) is 9.97. The van der Waals surface area contributed by atoms with Gasteiger partial charge in [0.05, 0.1) is 26.3 Å². The molecule has 0 aliphatic rings. The Hall–Kier alpha value is -2.11. The van der Waals surface area contributed by atoms with E-state index < -0.39 is 5.97 Å². The summed E-state index contributed by atoms with van der Waals surface area (Å²) in [5.41, 5.74) is 0.580. The molecular weight excluding hydrogens is 224 g/mol. The first-order valence-corrected chi connectivity index (χ1v) is 4.93. The van der Waals surface area contributed by atoms with Crippen molar-refractivity contribution in [3.05, 3.63) is 23.8 Å². The molecule has 0 N–H and O–H groups in total. The lowest BCUT2D eigenvalue weighted by molar-refractivity contribution is -0.139. The van der Waals surface area contributed by atoms with Crippen molar-refractivity contribution in [3.8, 4) is 0 Å². The minimum Gasteiger partial charge on any atom is -0.469 e. The van der Waals surface area contributed by atoms with Crippen LogP contribution >= 0.6 is 0 Å². The number of rotatable bonds is 4. The number of methoxy groups -OCH3 is 2. The van der Waals surface area contributed by atoms with E-state index in [0.717, 1.165) is 0 Å². The van der Waals surface area contributed by atoms with Gasteiger partial charge >= 0.3 is 11.9 Å². The van der Waals surface area contributed by atoms with Crippen LogP contribution in [0.3, 0.4) is 0 Å². The van der Waals surface area contributed by atoms with Crippen molar-refractivity contribution in [2.24, 2.45) is 7.05 Å². The van der Waals surface area contributed by atoms with Gasteiger partial charge in [-0.1, -0.05) is 6.08 Å². The minimum atomic E-state index is -0.500. The predicted octanol–water partition coefficient (Wildman–Crippen LogP) is 0.783. The van der Waals surface area contributed by atoms with Gasteiger partial charge in [-0.25, -0.2) is 9.78 Å². The zero-order valence-corrected chi connectivity index (χ0v) is 9.97. The SMILES string of the molecule is COC(=O)CC=Cc1cn(C)c(C(=O)OC)n1. The fourth-order valence-electron chi connectivity index (χ4n) is 1.21. The number of esters is 2. The van der Waals surface area contributed by atoms with E-state index in [2.05, 4.69) is 14.5 Å². The van der Waals surface area contributed by atoms with Crippen LogP contribution in [0.4, 0.5) is 0 Å². The van der Waals surface area contributed by atoms with Gasteiger partial charge in [0.25, 0.3) is 0 Å². The third kappa shape index (κ3) is 3.44. The first-order chi connectivity index (χ1) is 8.08. The van der Waals surface area contributed by atoms with Crippen molar-refractivity contribution in [1.29, 1.82) is 0 Å². The van der Waals surface area contributed by atoms with Crippen LogP contribution in [0.15, 0.2) is 12.3 Å². The largest absolute Gasteiger partial charge is 0.469 e. The maximum Gasteiger partial charge on any atom is 0.374 e. The lowest BCUT2D eigenvalue weighted by atomic mass is 10.3. The first kappa shape index (κ1) is 13.0. The molecule has 0 atom stereocenters. The number of imidazole rings is 1. The molecule has 0 saturated heterocycles. The molecule has 0 fully saturated rings. The Labute approximate surface area is 98.9 Å². The molecule has 92 valence electrons. The van der Waals surface area contributed by atoms with Crippen LogP contribution in [0.5, 0.6) is 0 Å². The molecule has 0 aliphatic carbocycles. The summed E-state index contributed by atoms with van der Waals surface area (Å²) in [5, 5.41) is 0. The van der Waals surface area contributed by atoms with Gasteiger partial charge in [0, 0.05) is 13.2 Å². The Kier molecular flexibility index (Phi) is 4.45. The molecule has 1 rings (SSSR count). The van der Waals surface area contributed by atoms with Crippen molar-refractivity contribution in [2.75, 3.05) is 14.2 Å². The Morgan fingerprint density at radius 2 is 2.12 bits per heavy atom. The minimum absolute atomic E-state index is 0.167. The summed E-state index contributed by atoms with van der Waals surface area (Å²) in [7, 11) is 4.31. The van der Waals surface area contributed by atoms with Crippen LogP contribution in [0, 0.1) is 0 Å². The quantitative estimate of drug-likeness (QED) is 0.725. The van der Waals surface area contributed by atoms with Crippen LogP contribution in [0.25, 0.3) is 6.08 Å². The average molecular weight is 238 g/mol. The van der Waals surface area contributed by atoms with Gasteiger partial charge in [-0.2, -0.15) is 0 Å². The molecule has 0 unspecified atom stereocenters. The Morgan fingerprint density at radius 3 is 2.71 bits per heavy atom. The van der Waals surface area contributed by atoms with Gasteiger partial charge in [0.15, 0.2) is 0 Å². The van der Waals surface area contributed by atoms with Crippen LogP contribution in [0.1, 0.15) is 22.7 Å². The standard InChI is InChI=1S/C11H14N2O4/c1-13-7-8(5-4-6-9(14)16-2)12-10(13)11(15)17-3/h4-5,7H,6H2,1-3H3. The number of ether oxygens (including phenoxy) is 2. The molecule has 0 saturated carbocycles. The number of hydrogen-bond acceptors (Lipinski definition) is 5. The number of aromatic nitrogens is 2. The lowest BCUT2D eigenvalue weighted by Gasteiger charge is -1.96. The molecule has 17 heavy (non-hydrogen) atoms. The van der Waals surface area contributed by atoms with Crippen molar-refractivity contribution < 1.29 is 19.1 Å². The maximum atomic E-state index is 11.3. The number of aryl methyl sites for hydroxylation is 1. The van der Waals surface area contributed by atoms with E-state index >= 15 is 0 Å². The highest BCUT2D eigenvalue weighted by molar-refractivity contribution is 5.85. The van der Waals surface area contributed by atoms with Crippen molar-refractivity contribution in [1.82, 2.24) is 9.55 Å². The van der Waals surface area contributed by atoms with Crippen LogP contribution < -0.4 is 0 Å². The molecule has 6 nitrogen and oxygen atoms in total. The van der Waals surface area contributed by atoms with E-state index in [1.807, 2.05) is 0 Å². The third-order valence-corrected chi connectivity index (χ3v) is 2.06. The van der Waals surface area contributed by atoms with Crippen molar-refractivity contribution in [2.45, 2.75) is 6.42 Å². The van der Waals surface area contributed by atoms with E-state index in [1.54, 1.807) is 30.0 Å². The van der Waals surface area contributed by atoms with Gasteiger partial charge in [0.2, 0.25) is 5.82 Å². The topological polar surface area (TPSA) is 70.4 Å². The molecule has 1 aromatic heterocycles. The molecule has 1 heterocycles. The number of nitrogens with zero attached hydrogens (tertiary/aromatic N) is 2. The maximum absolute atomic E-state index is 11.3. The molecule has 1 aromatic rings. The summed E-state index contributed by atoms with van der Waals surface area (Å²) in [5.74, 6) is -0.615. The van der Waals surface area contributed by atoms with Gasteiger partial charge < -0.3 is 14.0 Å². The average Bonchev–Trinajstić information content (AvgIpc) is 2.69. The summed E-state index contributed by atoms with van der Waals surface area (Å²) in [6.45, 7) is 0. The zero-order chi connectivity index (χ0) is 12.8. The summed E-state index contributed by atoms with van der Waals surface area (Å²) in [4.78, 5) is 26.2. The van der Waals surface area contributed by atoms with Gasteiger partial charge in [-0.15, -0.1) is 0 Å². The highest BCUT2D eigenvalue weighted by Gasteiger charge is 2.12. The van der Waals surface area contributed by atoms with Crippen LogP contribution in [-0.2, 0) is 21.3 Å². The first-order valence-electron chi connectivity index (χ1n) is 4.93. The van der Waals surface area contributed by atoms with E-state index in [-0.39, 0.29) is 18.2 Å². The smallest absolute Gasteiger partial charge is 0.374 e. The van der Waals surface area contributed by atoms with E-state index in [1.165, 1.54) is 14.2 Å². The van der Waals surface area contributed by atoms with Crippen molar-refractivity contribution in [3.63, 3.8) is 0 Å². The number of carbonyl (C=O) groups excluding carboxylic acids is 2. The number of carbonyl (C=O) groups is 2. The second-order valence-corrected chi connectivity index (χ2v) is 3.27. The Morgan fingerprint density at radius 1 is 1.41 bits per heavy atom. The summed E-state index contributed by atoms with van der Waals surface area (Å²) in [6.07, 6.45) is 5.10. The second-order valence-electron chi connectivity index (χ2n) is 3.27. The van der Waals surface area contributed by atoms with Gasteiger partial charge in [0.1, 0.15) is 0 Å². The summed E-state index contributed by atoms with van der Waals surface area (Å²) < 4.78 is 10.6. The van der Waals surface area contributed by atoms with Gasteiger partial charge in [-0.3, -0.25) is 4.79 Å². The predicted molar refractivity (Wildman–Crippen MR) is 60.2 cm³/mol. The van der Waals surface area contributed by atoms with E-state index in [4.69, 9.17) is 0 Å². The molecule has 0 aliphatic heterocycles. The molecule has 0 amide bonds. The molecular formula is C11H14N2O4.